The van der Waals surface area contributed by atoms with E-state index < -0.39 is 17.7 Å². The molecule has 2 aromatic carbocycles. The molecule has 1 unspecified atom stereocenters. The number of carbonyl (C=O) groups excluding carboxylic acids is 1. The van der Waals surface area contributed by atoms with Crippen LogP contribution >= 0.6 is 0 Å². The van der Waals surface area contributed by atoms with Gasteiger partial charge >= 0.3 is 6.03 Å². The van der Waals surface area contributed by atoms with Gasteiger partial charge in [-0.1, -0.05) is 30.3 Å². The van der Waals surface area contributed by atoms with Crippen LogP contribution in [0.5, 0.6) is 0 Å². The molecule has 1 aromatic heterocycles. The fourth-order valence-electron chi connectivity index (χ4n) is 3.56. The number of benzene rings is 2. The standard InChI is InChI=1S/C21H19F2N3O/c22-16-9-10-18(17(23)14-16)24-21(27)26-13-5-12-25-11-4-8-19(25)20(26)15-6-2-1-3-7-15/h1-4,6-11,14,20H,5,12-13H2,(H,24,27). The number of urea groups is 1. The van der Waals surface area contributed by atoms with Gasteiger partial charge in [0.25, 0.3) is 0 Å². The van der Waals surface area contributed by atoms with Gasteiger partial charge < -0.3 is 14.8 Å². The fraction of sp³-hybridized carbons (Fsp3) is 0.190. The van der Waals surface area contributed by atoms with Crippen molar-refractivity contribution in [2.45, 2.75) is 19.0 Å². The van der Waals surface area contributed by atoms with Crippen molar-refractivity contribution in [3.8, 4) is 0 Å². The van der Waals surface area contributed by atoms with Crippen LogP contribution < -0.4 is 5.32 Å². The lowest BCUT2D eigenvalue weighted by atomic mass is 10.0. The van der Waals surface area contributed by atoms with Gasteiger partial charge in [-0.25, -0.2) is 13.6 Å². The van der Waals surface area contributed by atoms with Crippen LogP contribution in [0.2, 0.25) is 0 Å². The number of fused-ring (bicyclic) bond motifs is 1. The van der Waals surface area contributed by atoms with Gasteiger partial charge in [0.2, 0.25) is 0 Å². The molecule has 0 aliphatic carbocycles. The lowest BCUT2D eigenvalue weighted by Crippen LogP contribution is -2.39. The van der Waals surface area contributed by atoms with Gasteiger partial charge in [-0.05, 0) is 36.2 Å². The number of hydrogen-bond donors (Lipinski definition) is 1. The summed E-state index contributed by atoms with van der Waals surface area (Å²) in [5, 5.41) is 2.59. The van der Waals surface area contributed by atoms with E-state index in [-0.39, 0.29) is 11.7 Å². The highest BCUT2D eigenvalue weighted by Crippen LogP contribution is 2.32. The summed E-state index contributed by atoms with van der Waals surface area (Å²) in [5.41, 5.74) is 1.95. The molecule has 2 heterocycles. The van der Waals surface area contributed by atoms with Crippen LogP contribution in [0.1, 0.15) is 23.7 Å². The van der Waals surface area contributed by atoms with E-state index in [4.69, 9.17) is 0 Å². The number of halogens is 2. The summed E-state index contributed by atoms with van der Waals surface area (Å²) in [7, 11) is 0. The lowest BCUT2D eigenvalue weighted by molar-refractivity contribution is 0.199. The number of rotatable bonds is 2. The monoisotopic (exact) mass is 367 g/mol. The van der Waals surface area contributed by atoms with Crippen molar-refractivity contribution in [2.24, 2.45) is 0 Å². The lowest BCUT2D eigenvalue weighted by Gasteiger charge is -2.30. The second kappa shape index (κ2) is 7.23. The molecule has 1 N–H and O–H groups in total. The number of aromatic nitrogens is 1. The maximum Gasteiger partial charge on any atom is 0.322 e. The summed E-state index contributed by atoms with van der Waals surface area (Å²) in [5.74, 6) is -1.47. The van der Waals surface area contributed by atoms with E-state index in [1.54, 1.807) is 4.90 Å². The van der Waals surface area contributed by atoms with Gasteiger partial charge in [-0.3, -0.25) is 0 Å². The second-order valence-corrected chi connectivity index (χ2v) is 6.54. The maximum atomic E-state index is 14.0. The molecular weight excluding hydrogens is 348 g/mol. The third-order valence-electron chi connectivity index (χ3n) is 4.80. The molecule has 6 heteroatoms. The van der Waals surface area contributed by atoms with Gasteiger partial charge in [-0.15, -0.1) is 0 Å². The van der Waals surface area contributed by atoms with E-state index in [0.717, 1.165) is 36.4 Å². The van der Waals surface area contributed by atoms with Crippen LogP contribution in [0.3, 0.4) is 0 Å². The third-order valence-corrected chi connectivity index (χ3v) is 4.80. The summed E-state index contributed by atoms with van der Waals surface area (Å²) in [4.78, 5) is 14.7. The van der Waals surface area contributed by atoms with Crippen molar-refractivity contribution in [1.82, 2.24) is 9.47 Å². The van der Waals surface area contributed by atoms with Gasteiger partial charge in [0.15, 0.2) is 0 Å². The molecule has 0 saturated heterocycles. The Morgan fingerprint density at radius 1 is 1.00 bits per heavy atom. The van der Waals surface area contributed by atoms with Crippen LogP contribution in [0.25, 0.3) is 0 Å². The Bertz CT molecular complexity index is 955. The van der Waals surface area contributed by atoms with E-state index in [9.17, 15) is 13.6 Å². The predicted molar refractivity (Wildman–Crippen MR) is 99.4 cm³/mol. The van der Waals surface area contributed by atoms with Crippen molar-refractivity contribution in [1.29, 1.82) is 0 Å². The van der Waals surface area contributed by atoms with E-state index in [0.29, 0.717) is 6.54 Å². The van der Waals surface area contributed by atoms with Crippen molar-refractivity contribution in [2.75, 3.05) is 11.9 Å². The Morgan fingerprint density at radius 3 is 2.59 bits per heavy atom. The molecule has 1 atom stereocenters. The number of hydrogen-bond acceptors (Lipinski definition) is 1. The number of amides is 2. The van der Waals surface area contributed by atoms with Crippen LogP contribution in [-0.4, -0.2) is 22.0 Å². The zero-order valence-corrected chi connectivity index (χ0v) is 14.6. The molecule has 138 valence electrons. The van der Waals surface area contributed by atoms with Crippen LogP contribution in [0.4, 0.5) is 19.3 Å². The molecule has 4 rings (SSSR count). The molecule has 0 spiro atoms. The first-order valence-corrected chi connectivity index (χ1v) is 8.86. The average molecular weight is 367 g/mol. The minimum Gasteiger partial charge on any atom is -0.349 e. The number of carbonyl (C=O) groups is 1. The molecule has 27 heavy (non-hydrogen) atoms. The van der Waals surface area contributed by atoms with Crippen LogP contribution in [0.15, 0.2) is 66.9 Å². The molecule has 4 nitrogen and oxygen atoms in total. The van der Waals surface area contributed by atoms with Crippen LogP contribution in [0, 0.1) is 11.6 Å². The molecule has 0 fully saturated rings. The first kappa shape index (κ1) is 17.3. The summed E-state index contributed by atoms with van der Waals surface area (Å²) in [6, 6.07) is 16.1. The minimum atomic E-state index is -0.794. The van der Waals surface area contributed by atoms with Crippen molar-refractivity contribution >= 4 is 11.7 Å². The van der Waals surface area contributed by atoms with Crippen LogP contribution in [-0.2, 0) is 6.54 Å². The number of aryl methyl sites for hydroxylation is 1. The summed E-state index contributed by atoms with van der Waals surface area (Å²) in [6.07, 6.45) is 2.79. The second-order valence-electron chi connectivity index (χ2n) is 6.54. The number of anilines is 1. The molecule has 1 aliphatic rings. The van der Waals surface area contributed by atoms with Gasteiger partial charge in [0.1, 0.15) is 11.6 Å². The van der Waals surface area contributed by atoms with E-state index in [1.165, 1.54) is 6.07 Å². The number of nitrogens with one attached hydrogen (secondary N) is 1. The zero-order valence-electron chi connectivity index (χ0n) is 14.6. The maximum absolute atomic E-state index is 14.0. The highest BCUT2D eigenvalue weighted by molar-refractivity contribution is 5.90. The van der Waals surface area contributed by atoms with E-state index >= 15 is 0 Å². The topological polar surface area (TPSA) is 37.3 Å². The quantitative estimate of drug-likeness (QED) is 0.694. The Kier molecular flexibility index (Phi) is 4.62. The Balaban J connectivity index is 1.69. The third kappa shape index (κ3) is 3.43. The zero-order chi connectivity index (χ0) is 18.8. The van der Waals surface area contributed by atoms with Gasteiger partial charge in [0, 0.05) is 31.0 Å². The largest absolute Gasteiger partial charge is 0.349 e. The van der Waals surface area contributed by atoms with Crippen molar-refractivity contribution < 1.29 is 13.6 Å². The Morgan fingerprint density at radius 2 is 1.81 bits per heavy atom. The highest BCUT2D eigenvalue weighted by atomic mass is 19.1. The molecular formula is C21H19F2N3O. The minimum absolute atomic E-state index is 0.0344. The van der Waals surface area contributed by atoms with Gasteiger partial charge in [-0.2, -0.15) is 0 Å². The molecule has 1 aliphatic heterocycles. The molecule has 0 radical (unpaired) electrons. The SMILES string of the molecule is O=C(Nc1ccc(F)cc1F)N1CCCn2cccc2C1c1ccccc1. The Hall–Kier alpha value is -3.15. The van der Waals surface area contributed by atoms with Crippen molar-refractivity contribution in [3.63, 3.8) is 0 Å². The fourth-order valence-corrected chi connectivity index (χ4v) is 3.56. The van der Waals surface area contributed by atoms with Gasteiger partial charge in [0.05, 0.1) is 11.7 Å². The average Bonchev–Trinajstić information content (AvgIpc) is 3.04. The van der Waals surface area contributed by atoms with E-state index in [1.807, 2.05) is 48.7 Å². The molecule has 2 amide bonds. The van der Waals surface area contributed by atoms with Crippen molar-refractivity contribution in [3.05, 3.63) is 89.8 Å². The molecule has 0 saturated carbocycles. The summed E-state index contributed by atoms with van der Waals surface area (Å²) < 4.78 is 29.3. The normalized spacial score (nSPS) is 16.5. The first-order chi connectivity index (χ1) is 13.1. The smallest absolute Gasteiger partial charge is 0.322 e. The highest BCUT2D eigenvalue weighted by Gasteiger charge is 2.31. The molecule has 0 bridgehead atoms. The first-order valence-electron chi connectivity index (χ1n) is 8.86. The Labute approximate surface area is 156 Å². The molecule has 3 aromatic rings. The summed E-state index contributed by atoms with van der Waals surface area (Å²) in [6.45, 7) is 1.33. The number of nitrogens with zero attached hydrogens (tertiary/aromatic N) is 2. The predicted octanol–water partition coefficient (Wildman–Crippen LogP) is 4.79. The van der Waals surface area contributed by atoms with E-state index in [2.05, 4.69) is 9.88 Å². The summed E-state index contributed by atoms with van der Waals surface area (Å²) >= 11 is 0.